The minimum absolute atomic E-state index is 0.438. The van der Waals surface area contributed by atoms with Crippen molar-refractivity contribution in [3.05, 3.63) is 12.2 Å². The van der Waals surface area contributed by atoms with Crippen molar-refractivity contribution in [1.82, 2.24) is 5.32 Å². The fourth-order valence-electron chi connectivity index (χ4n) is 0.895. The van der Waals surface area contributed by atoms with Gasteiger partial charge in [0.25, 0.3) is 0 Å². The summed E-state index contributed by atoms with van der Waals surface area (Å²) in [6.07, 6.45) is 4.85. The average molecular weight is 213 g/mol. The molecule has 5 heteroatoms. The van der Waals surface area contributed by atoms with Gasteiger partial charge < -0.3 is 16.2 Å². The predicted octanol–water partition coefficient (Wildman–Crippen LogP) is 0.712. The van der Waals surface area contributed by atoms with Crippen molar-refractivity contribution < 1.29 is 9.90 Å². The number of carboxylic acids is 1. The van der Waals surface area contributed by atoms with Gasteiger partial charge in [-0.1, -0.05) is 12.2 Å². The number of nitrogens with two attached hydrogens (primary N) is 1. The number of hydrogen-bond donors (Lipinski definition) is 4. The molecule has 0 unspecified atom stereocenters. The van der Waals surface area contributed by atoms with E-state index < -0.39 is 11.5 Å². The molecule has 0 fully saturated rings. The van der Waals surface area contributed by atoms with E-state index in [-0.39, 0.29) is 0 Å². The summed E-state index contributed by atoms with van der Waals surface area (Å²) in [6.45, 7) is 3.84. The second-order valence-corrected chi connectivity index (χ2v) is 3.68. The van der Waals surface area contributed by atoms with Crippen LogP contribution < -0.4 is 11.1 Å². The Morgan fingerprint density at radius 1 is 1.67 bits per heavy atom. The maximum Gasteiger partial charge on any atom is 0.327 e. The van der Waals surface area contributed by atoms with Gasteiger partial charge >= 0.3 is 5.97 Å². The van der Waals surface area contributed by atoms with E-state index in [0.717, 1.165) is 12.8 Å². The third kappa shape index (κ3) is 6.68. The van der Waals surface area contributed by atoms with Crippen LogP contribution in [0.25, 0.3) is 0 Å². The first-order chi connectivity index (χ1) is 6.86. The predicted molar refractivity (Wildman–Crippen MR) is 60.0 cm³/mol. The molecule has 0 saturated heterocycles. The summed E-state index contributed by atoms with van der Waals surface area (Å²) in [6, 6.07) is 0. The molecule has 0 aromatic carbocycles. The lowest BCUT2D eigenvalue weighted by Gasteiger charge is -2.13. The van der Waals surface area contributed by atoms with Crippen LogP contribution in [0.2, 0.25) is 0 Å². The number of rotatable bonds is 6. The molecule has 0 amide bonds. The molecule has 0 radical (unpaired) electrons. The molecule has 0 rings (SSSR count). The Labute approximate surface area is 89.9 Å². The van der Waals surface area contributed by atoms with Gasteiger partial charge in [-0.05, 0) is 26.7 Å². The summed E-state index contributed by atoms with van der Waals surface area (Å²) in [4.78, 5) is 10.6. The topological polar surface area (TPSA) is 99.2 Å². The first kappa shape index (κ1) is 13.6. The van der Waals surface area contributed by atoms with Gasteiger partial charge in [-0.3, -0.25) is 5.41 Å². The van der Waals surface area contributed by atoms with Crippen molar-refractivity contribution in [3.8, 4) is 0 Å². The molecule has 86 valence electrons. The highest BCUT2D eigenvalue weighted by Gasteiger charge is 2.23. The molecule has 0 aliphatic rings. The molecule has 1 atom stereocenters. The third-order valence-corrected chi connectivity index (χ3v) is 1.86. The summed E-state index contributed by atoms with van der Waals surface area (Å²) in [5.74, 6) is -0.597. The number of unbranched alkanes of at least 4 members (excludes halogenated alkanes) is 1. The quantitative estimate of drug-likeness (QED) is 0.226. The van der Waals surface area contributed by atoms with Gasteiger partial charge in [-0.25, -0.2) is 4.79 Å². The summed E-state index contributed by atoms with van der Waals surface area (Å²) in [5, 5.41) is 18.7. The normalized spacial score (nSPS) is 14.9. The molecular formula is C10H19N3O2. The van der Waals surface area contributed by atoms with E-state index in [1.165, 1.54) is 13.0 Å². The van der Waals surface area contributed by atoms with E-state index in [1.807, 2.05) is 0 Å². The lowest BCUT2D eigenvalue weighted by Crippen LogP contribution is -2.42. The lowest BCUT2D eigenvalue weighted by atomic mass is 10.0. The zero-order valence-corrected chi connectivity index (χ0v) is 9.21. The van der Waals surface area contributed by atoms with Crippen molar-refractivity contribution in [2.24, 2.45) is 5.73 Å². The van der Waals surface area contributed by atoms with Crippen LogP contribution in [0.4, 0.5) is 0 Å². The number of carbonyl (C=O) groups is 1. The fourth-order valence-corrected chi connectivity index (χ4v) is 0.895. The number of aliphatic carboxylic acids is 1. The van der Waals surface area contributed by atoms with Gasteiger partial charge in [0.2, 0.25) is 0 Å². The lowest BCUT2D eigenvalue weighted by molar-refractivity contribution is -0.140. The number of nitrogens with one attached hydrogen (secondary N) is 2. The molecule has 0 saturated carbocycles. The number of amidine groups is 1. The maximum atomic E-state index is 10.6. The van der Waals surface area contributed by atoms with Crippen molar-refractivity contribution >= 4 is 11.8 Å². The fraction of sp³-hybridized carbons (Fsp3) is 0.600. The Morgan fingerprint density at radius 3 is 2.73 bits per heavy atom. The molecule has 15 heavy (non-hydrogen) atoms. The van der Waals surface area contributed by atoms with Gasteiger partial charge in [0, 0.05) is 6.54 Å². The summed E-state index contributed by atoms with van der Waals surface area (Å²) in [7, 11) is 0. The van der Waals surface area contributed by atoms with Crippen LogP contribution in [0, 0.1) is 5.41 Å². The van der Waals surface area contributed by atoms with Crippen molar-refractivity contribution in [1.29, 1.82) is 5.41 Å². The second kappa shape index (κ2) is 6.19. The molecule has 0 bridgehead atoms. The summed E-state index contributed by atoms with van der Waals surface area (Å²) < 4.78 is 0. The smallest absolute Gasteiger partial charge is 0.327 e. The molecule has 5 N–H and O–H groups in total. The van der Waals surface area contributed by atoms with Gasteiger partial charge in [0.15, 0.2) is 0 Å². The summed E-state index contributed by atoms with van der Waals surface area (Å²) in [5.41, 5.74) is 4.20. The number of carboxylic acid groups (broad SMARTS) is 1. The SMILES string of the molecule is CC(=N)NCCC/C=C\[C@@](C)(N)C(=O)O. The molecule has 0 spiro atoms. The van der Waals surface area contributed by atoms with E-state index in [4.69, 9.17) is 16.2 Å². The van der Waals surface area contributed by atoms with Crippen LogP contribution in [0.1, 0.15) is 26.7 Å². The minimum atomic E-state index is -1.29. The van der Waals surface area contributed by atoms with Crippen molar-refractivity contribution in [3.63, 3.8) is 0 Å². The molecule has 5 nitrogen and oxygen atoms in total. The maximum absolute atomic E-state index is 10.6. The molecule has 0 aliphatic carbocycles. The minimum Gasteiger partial charge on any atom is -0.480 e. The highest BCUT2D eigenvalue weighted by Crippen LogP contribution is 2.02. The molecule has 0 heterocycles. The van der Waals surface area contributed by atoms with Crippen LogP contribution in [0.5, 0.6) is 0 Å². The zero-order chi connectivity index (χ0) is 11.9. The van der Waals surface area contributed by atoms with E-state index >= 15 is 0 Å². The zero-order valence-electron chi connectivity index (χ0n) is 9.21. The molecule has 0 aliphatic heterocycles. The highest BCUT2D eigenvalue weighted by molar-refractivity contribution is 5.80. The molecule has 0 aromatic heterocycles. The van der Waals surface area contributed by atoms with Crippen molar-refractivity contribution in [2.45, 2.75) is 32.2 Å². The molecular weight excluding hydrogens is 194 g/mol. The van der Waals surface area contributed by atoms with Gasteiger partial charge in [0.1, 0.15) is 5.54 Å². The van der Waals surface area contributed by atoms with Gasteiger partial charge in [0.05, 0.1) is 5.84 Å². The van der Waals surface area contributed by atoms with Gasteiger partial charge in [-0.15, -0.1) is 0 Å². The first-order valence-electron chi connectivity index (χ1n) is 4.85. The van der Waals surface area contributed by atoms with Crippen LogP contribution in [0.15, 0.2) is 12.2 Å². The first-order valence-corrected chi connectivity index (χ1v) is 4.85. The van der Waals surface area contributed by atoms with Crippen LogP contribution in [-0.4, -0.2) is 29.0 Å². The Morgan fingerprint density at radius 2 is 2.27 bits per heavy atom. The van der Waals surface area contributed by atoms with E-state index in [2.05, 4.69) is 5.32 Å². The largest absolute Gasteiger partial charge is 0.480 e. The Bertz CT molecular complexity index is 259. The van der Waals surface area contributed by atoms with E-state index in [1.54, 1.807) is 13.0 Å². The summed E-state index contributed by atoms with van der Waals surface area (Å²) >= 11 is 0. The Kier molecular flexibility index (Phi) is 5.62. The van der Waals surface area contributed by atoms with Crippen LogP contribution in [0.3, 0.4) is 0 Å². The van der Waals surface area contributed by atoms with Crippen LogP contribution >= 0.6 is 0 Å². The van der Waals surface area contributed by atoms with Crippen LogP contribution in [-0.2, 0) is 4.79 Å². The van der Waals surface area contributed by atoms with E-state index in [0.29, 0.717) is 12.4 Å². The Hall–Kier alpha value is -1.36. The van der Waals surface area contributed by atoms with Crippen molar-refractivity contribution in [2.75, 3.05) is 6.54 Å². The Balaban J connectivity index is 3.72. The monoisotopic (exact) mass is 213 g/mol. The number of hydrogen-bond acceptors (Lipinski definition) is 3. The standard InChI is InChI=1S/C10H19N3O2/c1-8(11)13-7-5-3-4-6-10(2,12)9(14)15/h4,6H,3,5,7,12H2,1-2H3,(H2,11,13)(H,14,15)/b6-4-/t10-/m1/s1. The number of allylic oxidation sites excluding steroid dienone is 1. The molecule has 0 aromatic rings. The van der Waals surface area contributed by atoms with E-state index in [9.17, 15) is 4.79 Å². The average Bonchev–Trinajstić information content (AvgIpc) is 2.10. The third-order valence-electron chi connectivity index (χ3n) is 1.86. The highest BCUT2D eigenvalue weighted by atomic mass is 16.4. The second-order valence-electron chi connectivity index (χ2n) is 3.68. The van der Waals surface area contributed by atoms with Gasteiger partial charge in [-0.2, -0.15) is 0 Å².